The highest BCUT2D eigenvalue weighted by Crippen LogP contribution is 2.27. The molecule has 33 heavy (non-hydrogen) atoms. The molecule has 2 N–H and O–H groups in total. The monoisotopic (exact) mass is 452 g/mol. The molecule has 0 aliphatic carbocycles. The van der Waals surface area contributed by atoms with Crippen LogP contribution in [-0.2, 0) is 16.0 Å². The number of rotatable bonds is 9. The number of carbonyl (C=O) groups excluding carboxylic acids is 1. The van der Waals surface area contributed by atoms with Crippen molar-refractivity contribution in [2.24, 2.45) is 0 Å². The number of nitrogens with zero attached hydrogens (tertiary/aromatic N) is 2. The van der Waals surface area contributed by atoms with Gasteiger partial charge in [0.1, 0.15) is 17.1 Å². The summed E-state index contributed by atoms with van der Waals surface area (Å²) in [5, 5.41) is 19.8. The van der Waals surface area contributed by atoms with Gasteiger partial charge in [0, 0.05) is 32.1 Å². The van der Waals surface area contributed by atoms with Crippen molar-refractivity contribution in [3.05, 3.63) is 65.9 Å². The van der Waals surface area contributed by atoms with Crippen molar-refractivity contribution in [2.45, 2.75) is 25.0 Å². The van der Waals surface area contributed by atoms with Crippen LogP contribution in [-0.4, -0.2) is 71.3 Å². The zero-order chi connectivity index (χ0) is 23.4. The number of carboxylic acid groups (broad SMARTS) is 1. The predicted octanol–water partition coefficient (Wildman–Crippen LogP) is 2.71. The van der Waals surface area contributed by atoms with E-state index < -0.39 is 12.6 Å². The lowest BCUT2D eigenvalue weighted by atomic mass is 10.0. The number of β-amino-alcohol motifs (C(OH)–C–C–N with tert-alkyl or cyclic N) is 1. The number of aliphatic hydroxyl groups is 1. The van der Waals surface area contributed by atoms with Gasteiger partial charge < -0.3 is 24.3 Å². The molecule has 1 aromatic heterocycles. The van der Waals surface area contributed by atoms with Gasteiger partial charge in [-0.15, -0.1) is 0 Å². The summed E-state index contributed by atoms with van der Waals surface area (Å²) in [6.45, 7) is 1.41. The van der Waals surface area contributed by atoms with Gasteiger partial charge in [-0.3, -0.25) is 9.69 Å². The van der Waals surface area contributed by atoms with Gasteiger partial charge >= 0.3 is 5.97 Å². The minimum absolute atomic E-state index is 0.101. The smallest absolute Gasteiger partial charge is 0.341 e. The van der Waals surface area contributed by atoms with E-state index in [4.69, 9.17) is 14.3 Å². The third kappa shape index (κ3) is 5.71. The molecular formula is C25H28N2O6. The van der Waals surface area contributed by atoms with Crippen LogP contribution in [0.5, 0.6) is 5.75 Å². The lowest BCUT2D eigenvalue weighted by molar-refractivity contribution is -0.139. The van der Waals surface area contributed by atoms with E-state index in [0.717, 1.165) is 23.1 Å². The summed E-state index contributed by atoms with van der Waals surface area (Å²) in [6.07, 6.45) is 0.456. The van der Waals surface area contributed by atoms with Gasteiger partial charge in [-0.2, -0.15) is 0 Å². The normalized spacial score (nSPS) is 17.2. The highest BCUT2D eigenvalue weighted by Gasteiger charge is 2.29. The Morgan fingerprint density at radius 3 is 2.76 bits per heavy atom. The standard InChI is InChI=1S/C25H28N2O6/c1-26(24(29)13-21-12-18-5-2-3-8-23(18)33-21)22(15-27-10-9-19(28)14-27)17-6-4-7-20(11-17)32-16-25(30)31/h2-8,11-12,19,22,28H,9-10,13-16H2,1H3,(H,30,31)/t19-,22-/m1/s1. The number of para-hydroxylation sites is 1. The Bertz CT molecular complexity index is 1090. The largest absolute Gasteiger partial charge is 0.482 e. The number of carbonyl (C=O) groups is 2. The fourth-order valence-electron chi connectivity index (χ4n) is 4.20. The molecule has 8 heteroatoms. The van der Waals surface area contributed by atoms with Crippen molar-refractivity contribution in [2.75, 3.05) is 33.3 Å². The average Bonchev–Trinajstić information content (AvgIpc) is 3.40. The molecule has 0 unspecified atom stereocenters. The van der Waals surface area contributed by atoms with Crippen molar-refractivity contribution in [3.8, 4) is 5.75 Å². The highest BCUT2D eigenvalue weighted by atomic mass is 16.5. The van der Waals surface area contributed by atoms with E-state index >= 15 is 0 Å². The highest BCUT2D eigenvalue weighted by molar-refractivity contribution is 5.82. The second-order valence-electron chi connectivity index (χ2n) is 8.40. The average molecular weight is 453 g/mol. The van der Waals surface area contributed by atoms with Crippen LogP contribution < -0.4 is 4.74 Å². The van der Waals surface area contributed by atoms with Crippen LogP contribution in [0.1, 0.15) is 23.8 Å². The van der Waals surface area contributed by atoms with Crippen LogP contribution in [0, 0.1) is 0 Å². The maximum Gasteiger partial charge on any atom is 0.341 e. The second-order valence-corrected chi connectivity index (χ2v) is 8.40. The molecule has 1 aliphatic rings. The zero-order valence-electron chi connectivity index (χ0n) is 18.5. The molecule has 1 saturated heterocycles. The van der Waals surface area contributed by atoms with Crippen molar-refractivity contribution >= 4 is 22.8 Å². The summed E-state index contributed by atoms with van der Waals surface area (Å²) in [5.41, 5.74) is 1.58. The summed E-state index contributed by atoms with van der Waals surface area (Å²) in [5.74, 6) is -0.127. The summed E-state index contributed by atoms with van der Waals surface area (Å²) in [7, 11) is 1.76. The van der Waals surface area contributed by atoms with Crippen LogP contribution in [0.3, 0.4) is 0 Å². The number of amides is 1. The lowest BCUT2D eigenvalue weighted by Gasteiger charge is -2.32. The first kappa shape index (κ1) is 22.8. The number of aliphatic carboxylic acids is 1. The summed E-state index contributed by atoms with van der Waals surface area (Å²) in [6, 6.07) is 16.4. The first-order chi connectivity index (χ1) is 15.9. The number of likely N-dealkylation sites (tertiary alicyclic amines) is 1. The molecule has 1 aliphatic heterocycles. The van der Waals surface area contributed by atoms with E-state index in [1.165, 1.54) is 0 Å². The fraction of sp³-hybridized carbons (Fsp3) is 0.360. The van der Waals surface area contributed by atoms with Gasteiger partial charge in [0.2, 0.25) is 5.91 Å². The van der Waals surface area contributed by atoms with Crippen LogP contribution >= 0.6 is 0 Å². The molecule has 0 radical (unpaired) electrons. The molecule has 0 bridgehead atoms. The van der Waals surface area contributed by atoms with Crippen LogP contribution in [0.2, 0.25) is 0 Å². The first-order valence-electron chi connectivity index (χ1n) is 11.0. The van der Waals surface area contributed by atoms with E-state index in [2.05, 4.69) is 4.90 Å². The number of fused-ring (bicyclic) bond motifs is 1. The SMILES string of the molecule is CN(C(=O)Cc1cc2ccccc2o1)[C@H](CN1CC[C@@H](O)C1)c1cccc(OCC(=O)O)c1. The number of ether oxygens (including phenoxy) is 1. The molecule has 2 heterocycles. The fourth-order valence-corrected chi connectivity index (χ4v) is 4.20. The second kappa shape index (κ2) is 10.1. The minimum atomic E-state index is -1.05. The van der Waals surface area contributed by atoms with Gasteiger partial charge in [-0.1, -0.05) is 30.3 Å². The maximum atomic E-state index is 13.2. The molecule has 0 spiro atoms. The lowest BCUT2D eigenvalue weighted by Crippen LogP contribution is -2.39. The molecule has 1 amide bonds. The summed E-state index contributed by atoms with van der Waals surface area (Å²) < 4.78 is 11.2. The molecule has 2 atom stereocenters. The number of furan rings is 1. The Balaban J connectivity index is 1.54. The van der Waals surface area contributed by atoms with Crippen LogP contribution in [0.4, 0.5) is 0 Å². The Kier molecular flexibility index (Phi) is 6.96. The first-order valence-corrected chi connectivity index (χ1v) is 11.0. The van der Waals surface area contributed by atoms with E-state index in [9.17, 15) is 14.7 Å². The molecule has 174 valence electrons. The van der Waals surface area contributed by atoms with Crippen molar-refractivity contribution < 1.29 is 29.0 Å². The maximum absolute atomic E-state index is 13.2. The zero-order valence-corrected chi connectivity index (χ0v) is 18.5. The van der Waals surface area contributed by atoms with Crippen molar-refractivity contribution in [1.29, 1.82) is 0 Å². The Hall–Kier alpha value is -3.36. The third-order valence-electron chi connectivity index (χ3n) is 5.95. The molecule has 1 fully saturated rings. The molecule has 0 saturated carbocycles. The Labute approximate surface area is 192 Å². The van der Waals surface area contributed by atoms with E-state index in [-0.39, 0.29) is 24.5 Å². The van der Waals surface area contributed by atoms with Gasteiger partial charge in [0.15, 0.2) is 6.61 Å². The third-order valence-corrected chi connectivity index (χ3v) is 5.95. The topological polar surface area (TPSA) is 103 Å². The number of carboxylic acids is 1. The Morgan fingerprint density at radius 2 is 2.03 bits per heavy atom. The molecule has 2 aromatic carbocycles. The molecule has 4 rings (SSSR count). The van der Waals surface area contributed by atoms with Gasteiger partial charge in [-0.25, -0.2) is 4.79 Å². The quantitative estimate of drug-likeness (QED) is 0.514. The van der Waals surface area contributed by atoms with E-state index in [0.29, 0.717) is 31.0 Å². The summed E-state index contributed by atoms with van der Waals surface area (Å²) >= 11 is 0. The summed E-state index contributed by atoms with van der Waals surface area (Å²) in [4.78, 5) is 27.9. The number of aliphatic hydroxyl groups excluding tert-OH is 1. The predicted molar refractivity (Wildman–Crippen MR) is 122 cm³/mol. The number of hydrogen-bond donors (Lipinski definition) is 2. The minimum Gasteiger partial charge on any atom is -0.482 e. The van der Waals surface area contributed by atoms with Gasteiger partial charge in [-0.05, 0) is 36.2 Å². The van der Waals surface area contributed by atoms with Crippen molar-refractivity contribution in [3.63, 3.8) is 0 Å². The van der Waals surface area contributed by atoms with Crippen LogP contribution in [0.25, 0.3) is 11.0 Å². The molecule has 8 nitrogen and oxygen atoms in total. The number of likely N-dealkylation sites (N-methyl/N-ethyl adjacent to an activating group) is 1. The Morgan fingerprint density at radius 1 is 1.21 bits per heavy atom. The number of benzene rings is 2. The molecular weight excluding hydrogens is 424 g/mol. The molecule has 3 aromatic rings. The van der Waals surface area contributed by atoms with Crippen LogP contribution in [0.15, 0.2) is 59.0 Å². The van der Waals surface area contributed by atoms with Gasteiger partial charge in [0.25, 0.3) is 0 Å². The van der Waals surface area contributed by atoms with E-state index in [1.54, 1.807) is 30.1 Å². The number of hydrogen-bond acceptors (Lipinski definition) is 6. The van der Waals surface area contributed by atoms with Gasteiger partial charge in [0.05, 0.1) is 18.6 Å². The van der Waals surface area contributed by atoms with E-state index in [1.807, 2.05) is 36.4 Å². The van der Waals surface area contributed by atoms with Crippen molar-refractivity contribution in [1.82, 2.24) is 9.80 Å².